The maximum absolute atomic E-state index is 5.50. The first-order valence-corrected chi connectivity index (χ1v) is 6.02. The van der Waals surface area contributed by atoms with Gasteiger partial charge in [-0.3, -0.25) is 0 Å². The Morgan fingerprint density at radius 2 is 1.75 bits per heavy atom. The maximum Gasteiger partial charge on any atom is 0.157 e. The highest BCUT2D eigenvalue weighted by atomic mass is 16.7. The van der Waals surface area contributed by atoms with Crippen molar-refractivity contribution in [3.8, 4) is 0 Å². The van der Waals surface area contributed by atoms with Gasteiger partial charge in [-0.15, -0.1) is 0 Å². The van der Waals surface area contributed by atoms with Crippen LogP contribution in [0.15, 0.2) is 0 Å². The van der Waals surface area contributed by atoms with Gasteiger partial charge in [0.25, 0.3) is 0 Å². The third-order valence-electron chi connectivity index (χ3n) is 2.30. The van der Waals surface area contributed by atoms with Gasteiger partial charge in [-0.2, -0.15) is 0 Å². The van der Waals surface area contributed by atoms with Gasteiger partial charge in [0.1, 0.15) is 0 Å². The van der Waals surface area contributed by atoms with Crippen LogP contribution < -0.4 is 5.73 Å². The van der Waals surface area contributed by atoms with Crippen LogP contribution in [0.25, 0.3) is 0 Å². The van der Waals surface area contributed by atoms with Gasteiger partial charge in [0.05, 0.1) is 33.0 Å². The summed E-state index contributed by atoms with van der Waals surface area (Å²) < 4.78 is 21.4. The van der Waals surface area contributed by atoms with E-state index in [1.54, 1.807) is 0 Å². The topological polar surface area (TPSA) is 62.9 Å². The fraction of sp³-hybridized carbons (Fsp3) is 1.00. The van der Waals surface area contributed by atoms with Gasteiger partial charge in [0, 0.05) is 13.2 Å². The van der Waals surface area contributed by atoms with Crippen molar-refractivity contribution in [3.05, 3.63) is 0 Å². The largest absolute Gasteiger partial charge is 0.378 e. The van der Waals surface area contributed by atoms with Crippen LogP contribution in [0.1, 0.15) is 19.3 Å². The first kappa shape index (κ1) is 13.9. The molecule has 0 radical (unpaired) electrons. The molecule has 5 nitrogen and oxygen atoms in total. The smallest absolute Gasteiger partial charge is 0.157 e. The van der Waals surface area contributed by atoms with Crippen molar-refractivity contribution in [2.45, 2.75) is 25.6 Å². The summed E-state index contributed by atoms with van der Waals surface area (Å²) in [5, 5.41) is 0. The Labute approximate surface area is 97.2 Å². The molecule has 2 N–H and O–H groups in total. The summed E-state index contributed by atoms with van der Waals surface area (Å²) in [7, 11) is 0. The molecule has 1 atom stereocenters. The Morgan fingerprint density at radius 1 is 1.00 bits per heavy atom. The average Bonchev–Trinajstić information content (AvgIpc) is 2.34. The van der Waals surface area contributed by atoms with E-state index in [0.717, 1.165) is 19.4 Å². The Morgan fingerprint density at radius 3 is 2.44 bits per heavy atom. The maximum atomic E-state index is 5.50. The minimum Gasteiger partial charge on any atom is -0.378 e. The molecule has 0 aromatic carbocycles. The Bertz CT molecular complexity index is 151. The summed E-state index contributed by atoms with van der Waals surface area (Å²) >= 11 is 0. The van der Waals surface area contributed by atoms with Crippen molar-refractivity contribution >= 4 is 0 Å². The fourth-order valence-electron chi connectivity index (χ4n) is 1.49. The molecule has 1 rings (SSSR count). The van der Waals surface area contributed by atoms with Crippen LogP contribution in [0.5, 0.6) is 0 Å². The monoisotopic (exact) mass is 233 g/mol. The Balaban J connectivity index is 1.77. The second-order valence-electron chi connectivity index (χ2n) is 3.68. The summed E-state index contributed by atoms with van der Waals surface area (Å²) in [6.07, 6.45) is 3.32. The van der Waals surface area contributed by atoms with Crippen LogP contribution in [0.4, 0.5) is 0 Å². The van der Waals surface area contributed by atoms with E-state index in [1.807, 2.05) is 0 Å². The molecule has 5 heteroatoms. The summed E-state index contributed by atoms with van der Waals surface area (Å²) in [5.74, 6) is 0. The molecule has 0 aromatic heterocycles. The van der Waals surface area contributed by atoms with Crippen LogP contribution in [0.3, 0.4) is 0 Å². The molecule has 0 aromatic rings. The molecule has 1 unspecified atom stereocenters. The van der Waals surface area contributed by atoms with Gasteiger partial charge in [-0.05, 0) is 19.3 Å². The summed E-state index contributed by atoms with van der Waals surface area (Å²) in [6.45, 7) is 4.33. The van der Waals surface area contributed by atoms with Crippen molar-refractivity contribution in [2.75, 3.05) is 46.2 Å². The van der Waals surface area contributed by atoms with Crippen molar-refractivity contribution in [3.63, 3.8) is 0 Å². The number of rotatable bonds is 9. The predicted molar refractivity (Wildman–Crippen MR) is 60.2 cm³/mol. The van der Waals surface area contributed by atoms with Gasteiger partial charge in [0.2, 0.25) is 0 Å². The minimum atomic E-state index is -0.0224. The molecule has 0 amide bonds. The second-order valence-corrected chi connectivity index (χ2v) is 3.68. The molecule has 0 bridgehead atoms. The molecule has 1 aliphatic heterocycles. The first-order chi connectivity index (χ1) is 7.93. The zero-order valence-electron chi connectivity index (χ0n) is 9.86. The normalized spacial score (nSPS) is 21.2. The predicted octanol–water partition coefficient (Wildman–Crippen LogP) is 0.521. The second kappa shape index (κ2) is 9.99. The lowest BCUT2D eigenvalue weighted by molar-refractivity contribution is -0.169. The fourth-order valence-corrected chi connectivity index (χ4v) is 1.49. The van der Waals surface area contributed by atoms with Crippen molar-refractivity contribution in [1.82, 2.24) is 0 Å². The highest BCUT2D eigenvalue weighted by Gasteiger charge is 2.13. The number of ether oxygens (including phenoxy) is 4. The van der Waals surface area contributed by atoms with E-state index in [4.69, 9.17) is 24.7 Å². The van der Waals surface area contributed by atoms with Gasteiger partial charge in [-0.1, -0.05) is 0 Å². The van der Waals surface area contributed by atoms with Gasteiger partial charge >= 0.3 is 0 Å². The Hall–Kier alpha value is -0.200. The molecule has 96 valence electrons. The minimum absolute atomic E-state index is 0.0224. The van der Waals surface area contributed by atoms with E-state index in [2.05, 4.69) is 0 Å². The third kappa shape index (κ3) is 7.14. The van der Waals surface area contributed by atoms with Crippen LogP contribution in [-0.2, 0) is 18.9 Å². The van der Waals surface area contributed by atoms with Crippen molar-refractivity contribution in [2.24, 2.45) is 5.73 Å². The van der Waals surface area contributed by atoms with Crippen LogP contribution in [0, 0.1) is 0 Å². The zero-order valence-corrected chi connectivity index (χ0v) is 9.86. The van der Waals surface area contributed by atoms with E-state index in [9.17, 15) is 0 Å². The van der Waals surface area contributed by atoms with Crippen LogP contribution in [-0.4, -0.2) is 52.5 Å². The first-order valence-electron chi connectivity index (χ1n) is 6.02. The van der Waals surface area contributed by atoms with Crippen LogP contribution in [0.2, 0.25) is 0 Å². The van der Waals surface area contributed by atoms with Crippen molar-refractivity contribution < 1.29 is 18.9 Å². The number of hydrogen-bond donors (Lipinski definition) is 1. The third-order valence-corrected chi connectivity index (χ3v) is 2.30. The Kier molecular flexibility index (Phi) is 8.65. The quantitative estimate of drug-likeness (QED) is 0.588. The molecule has 16 heavy (non-hydrogen) atoms. The SMILES string of the molecule is NCCOCCOCCOC1CCCCO1. The lowest BCUT2D eigenvalue weighted by atomic mass is 10.2. The molecular weight excluding hydrogens is 210 g/mol. The number of hydrogen-bond acceptors (Lipinski definition) is 5. The molecule has 0 saturated carbocycles. The van der Waals surface area contributed by atoms with E-state index in [1.165, 1.54) is 6.42 Å². The highest BCUT2D eigenvalue weighted by Crippen LogP contribution is 2.13. The number of nitrogens with two attached hydrogens (primary N) is 1. The molecule has 1 fully saturated rings. The summed E-state index contributed by atoms with van der Waals surface area (Å²) in [4.78, 5) is 0. The highest BCUT2D eigenvalue weighted by molar-refractivity contribution is 4.53. The molecule has 1 saturated heterocycles. The van der Waals surface area contributed by atoms with Crippen molar-refractivity contribution in [1.29, 1.82) is 0 Å². The molecule has 1 heterocycles. The molecule has 0 spiro atoms. The lowest BCUT2D eigenvalue weighted by Crippen LogP contribution is -2.24. The van der Waals surface area contributed by atoms with E-state index < -0.39 is 0 Å². The molecular formula is C11H23NO4. The summed E-state index contributed by atoms with van der Waals surface area (Å²) in [6, 6.07) is 0. The lowest BCUT2D eigenvalue weighted by Gasteiger charge is -2.22. The van der Waals surface area contributed by atoms with E-state index in [0.29, 0.717) is 39.6 Å². The van der Waals surface area contributed by atoms with Gasteiger partial charge in [-0.25, -0.2) is 0 Å². The van der Waals surface area contributed by atoms with Gasteiger partial charge in [0.15, 0.2) is 6.29 Å². The summed E-state index contributed by atoms with van der Waals surface area (Å²) in [5.41, 5.74) is 5.27. The molecule has 1 aliphatic rings. The van der Waals surface area contributed by atoms with Gasteiger partial charge < -0.3 is 24.7 Å². The zero-order chi connectivity index (χ0) is 11.5. The standard InChI is InChI=1S/C11H23NO4/c12-4-6-13-7-8-14-9-10-16-11-3-1-2-5-15-11/h11H,1-10,12H2. The van der Waals surface area contributed by atoms with Crippen LogP contribution >= 0.6 is 0 Å². The molecule has 0 aliphatic carbocycles. The average molecular weight is 233 g/mol. The van der Waals surface area contributed by atoms with E-state index in [-0.39, 0.29) is 6.29 Å². The van der Waals surface area contributed by atoms with E-state index >= 15 is 0 Å².